The van der Waals surface area contributed by atoms with E-state index in [1.165, 1.54) is 31.4 Å². The number of hydrogen-bond donors (Lipinski definition) is 2. The van der Waals surface area contributed by atoms with Crippen LogP contribution >= 0.6 is 0 Å². The fraction of sp³-hybridized carbons (Fsp3) is 0.435. The molecule has 0 aliphatic heterocycles. The summed E-state index contributed by atoms with van der Waals surface area (Å²) in [6.45, 7) is 0.294. The molecular formula is C23H28F2N4O3. The number of ether oxygens (including phenoxy) is 1. The van der Waals surface area contributed by atoms with Crippen molar-refractivity contribution in [2.24, 2.45) is 5.92 Å². The monoisotopic (exact) mass is 446 g/mol. The fourth-order valence-electron chi connectivity index (χ4n) is 3.95. The highest BCUT2D eigenvalue weighted by atomic mass is 19.1. The Kier molecular flexibility index (Phi) is 7.74. The Morgan fingerprint density at radius 1 is 1.19 bits per heavy atom. The lowest BCUT2D eigenvalue weighted by atomic mass is 9.85. The van der Waals surface area contributed by atoms with Gasteiger partial charge in [0.05, 0.1) is 19.9 Å². The summed E-state index contributed by atoms with van der Waals surface area (Å²) >= 11 is 0. The Bertz CT molecular complexity index is 984. The maximum atomic E-state index is 14.5. The maximum absolute atomic E-state index is 14.5. The van der Waals surface area contributed by atoms with E-state index >= 15 is 0 Å². The van der Waals surface area contributed by atoms with Gasteiger partial charge in [0.2, 0.25) is 11.8 Å². The summed E-state index contributed by atoms with van der Waals surface area (Å²) in [5.41, 5.74) is 0.496. The zero-order chi connectivity index (χ0) is 23.3. The van der Waals surface area contributed by atoms with Gasteiger partial charge in [-0.1, -0.05) is 6.42 Å². The minimum absolute atomic E-state index is 0.0628. The Balaban J connectivity index is 1.70. The number of likely N-dealkylation sites (N-methyl/N-ethyl adjacent to an activating group) is 1. The number of benzene rings is 1. The van der Waals surface area contributed by atoms with Gasteiger partial charge in [-0.3, -0.25) is 9.59 Å². The van der Waals surface area contributed by atoms with Gasteiger partial charge in [-0.15, -0.1) is 0 Å². The van der Waals surface area contributed by atoms with Gasteiger partial charge in [0.1, 0.15) is 23.2 Å². The van der Waals surface area contributed by atoms with E-state index in [-0.39, 0.29) is 40.9 Å². The number of hydrogen-bond acceptors (Lipinski definition) is 5. The number of amides is 2. The molecule has 2 aromatic rings. The molecule has 1 saturated carbocycles. The normalized spacial score (nSPS) is 18.3. The van der Waals surface area contributed by atoms with Crippen LogP contribution < -0.4 is 15.4 Å². The van der Waals surface area contributed by atoms with Crippen molar-refractivity contribution < 1.29 is 23.1 Å². The molecule has 32 heavy (non-hydrogen) atoms. The average Bonchev–Trinajstić information content (AvgIpc) is 2.74. The van der Waals surface area contributed by atoms with E-state index in [0.29, 0.717) is 24.9 Å². The molecule has 2 atom stereocenters. The van der Waals surface area contributed by atoms with E-state index < -0.39 is 11.6 Å². The number of methoxy groups -OCH3 is 1. The molecule has 1 fully saturated rings. The summed E-state index contributed by atoms with van der Waals surface area (Å²) in [5.74, 6) is -1.34. The predicted octanol–water partition coefficient (Wildman–Crippen LogP) is 3.21. The molecule has 1 heterocycles. The van der Waals surface area contributed by atoms with Crippen LogP contribution in [0.15, 0.2) is 30.5 Å². The molecule has 7 nitrogen and oxygen atoms in total. The average molecular weight is 446 g/mol. The second-order valence-electron chi connectivity index (χ2n) is 8.25. The summed E-state index contributed by atoms with van der Waals surface area (Å²) in [6.07, 6.45) is 3.89. The van der Waals surface area contributed by atoms with E-state index in [9.17, 15) is 18.4 Å². The molecule has 3 rings (SSSR count). The lowest BCUT2D eigenvalue weighted by molar-refractivity contribution is -0.124. The molecule has 1 aliphatic rings. The second-order valence-corrected chi connectivity index (χ2v) is 8.25. The van der Waals surface area contributed by atoms with Crippen LogP contribution in [0.3, 0.4) is 0 Å². The molecule has 2 amide bonds. The highest BCUT2D eigenvalue weighted by molar-refractivity contribution is 5.92. The third kappa shape index (κ3) is 6.00. The molecule has 0 spiro atoms. The number of anilines is 1. The van der Waals surface area contributed by atoms with Gasteiger partial charge >= 0.3 is 0 Å². The highest BCUT2D eigenvalue weighted by Crippen LogP contribution is 2.33. The van der Waals surface area contributed by atoms with Gasteiger partial charge in [0, 0.05) is 29.2 Å². The standard InChI is InChI=1S/C23H28F2N4O3/c1-29(2)13-22(30)27-16-6-4-5-14(9-16)23(31)28-21-11-18(19(25)12-26-21)17-8-7-15(24)10-20(17)32-3/h7-8,10-12,14,16H,4-6,9,13H2,1-3H3,(H,27,30)(H,26,28,31)/t14-,16+/m0/s1. The SMILES string of the molecule is COc1cc(F)ccc1-c1cc(NC(=O)[C@H]2CCC[C@@H](NC(=O)CN(C)C)C2)ncc1F. The van der Waals surface area contributed by atoms with Crippen molar-refractivity contribution in [3.8, 4) is 16.9 Å². The topological polar surface area (TPSA) is 83.6 Å². The minimum Gasteiger partial charge on any atom is -0.496 e. The second kappa shape index (κ2) is 10.5. The number of nitrogens with zero attached hydrogens (tertiary/aromatic N) is 2. The van der Waals surface area contributed by atoms with Crippen LogP contribution in [0.25, 0.3) is 11.1 Å². The Morgan fingerprint density at radius 2 is 1.97 bits per heavy atom. The van der Waals surface area contributed by atoms with Crippen molar-refractivity contribution >= 4 is 17.6 Å². The molecule has 2 N–H and O–H groups in total. The Morgan fingerprint density at radius 3 is 2.69 bits per heavy atom. The molecule has 0 saturated heterocycles. The van der Waals surface area contributed by atoms with E-state index in [0.717, 1.165) is 19.0 Å². The molecule has 1 aliphatic carbocycles. The van der Waals surface area contributed by atoms with Gasteiger partial charge in [-0.25, -0.2) is 13.8 Å². The van der Waals surface area contributed by atoms with Gasteiger partial charge in [-0.05, 0) is 51.6 Å². The van der Waals surface area contributed by atoms with Crippen molar-refractivity contribution in [1.82, 2.24) is 15.2 Å². The fourth-order valence-corrected chi connectivity index (χ4v) is 3.95. The number of carbonyl (C=O) groups is 2. The zero-order valence-corrected chi connectivity index (χ0v) is 18.5. The third-order valence-corrected chi connectivity index (χ3v) is 5.43. The van der Waals surface area contributed by atoms with Gasteiger partial charge in [0.25, 0.3) is 0 Å². The van der Waals surface area contributed by atoms with E-state index in [1.54, 1.807) is 4.90 Å². The molecule has 172 valence electrons. The van der Waals surface area contributed by atoms with E-state index in [2.05, 4.69) is 15.6 Å². The number of rotatable bonds is 7. The van der Waals surface area contributed by atoms with Crippen molar-refractivity contribution in [2.75, 3.05) is 33.1 Å². The predicted molar refractivity (Wildman–Crippen MR) is 117 cm³/mol. The molecule has 0 unspecified atom stereocenters. The first kappa shape index (κ1) is 23.6. The first-order chi connectivity index (χ1) is 15.3. The molecule has 9 heteroatoms. The van der Waals surface area contributed by atoms with Gasteiger partial charge < -0.3 is 20.3 Å². The number of aromatic nitrogens is 1. The quantitative estimate of drug-likeness (QED) is 0.683. The minimum atomic E-state index is -0.616. The van der Waals surface area contributed by atoms with Crippen LogP contribution in [0.2, 0.25) is 0 Å². The maximum Gasteiger partial charge on any atom is 0.234 e. The van der Waals surface area contributed by atoms with Crippen LogP contribution in [-0.2, 0) is 9.59 Å². The number of carbonyl (C=O) groups excluding carboxylic acids is 2. The van der Waals surface area contributed by atoms with Crippen molar-refractivity contribution in [1.29, 1.82) is 0 Å². The summed E-state index contributed by atoms with van der Waals surface area (Å²) in [5, 5.41) is 5.74. The summed E-state index contributed by atoms with van der Waals surface area (Å²) in [7, 11) is 5.02. The molecule has 1 aromatic carbocycles. The van der Waals surface area contributed by atoms with Crippen LogP contribution in [0.5, 0.6) is 5.75 Å². The van der Waals surface area contributed by atoms with Crippen LogP contribution in [-0.4, -0.2) is 55.5 Å². The lowest BCUT2D eigenvalue weighted by Crippen LogP contribution is -2.44. The number of pyridine rings is 1. The zero-order valence-electron chi connectivity index (χ0n) is 18.5. The van der Waals surface area contributed by atoms with Crippen LogP contribution in [0.1, 0.15) is 25.7 Å². The van der Waals surface area contributed by atoms with Crippen molar-refractivity contribution in [3.63, 3.8) is 0 Å². The molecule has 0 bridgehead atoms. The number of nitrogens with one attached hydrogen (secondary N) is 2. The molecule has 1 aromatic heterocycles. The first-order valence-corrected chi connectivity index (χ1v) is 10.5. The van der Waals surface area contributed by atoms with Crippen molar-refractivity contribution in [2.45, 2.75) is 31.7 Å². The Labute approximate surface area is 186 Å². The molecule has 0 radical (unpaired) electrons. The largest absolute Gasteiger partial charge is 0.496 e. The van der Waals surface area contributed by atoms with Crippen LogP contribution in [0, 0.1) is 17.6 Å². The smallest absolute Gasteiger partial charge is 0.234 e. The summed E-state index contributed by atoms with van der Waals surface area (Å²) < 4.78 is 33.1. The summed E-state index contributed by atoms with van der Waals surface area (Å²) in [4.78, 5) is 30.6. The van der Waals surface area contributed by atoms with Gasteiger partial charge in [-0.2, -0.15) is 0 Å². The highest BCUT2D eigenvalue weighted by Gasteiger charge is 2.28. The Hall–Kier alpha value is -3.07. The van der Waals surface area contributed by atoms with Crippen molar-refractivity contribution in [3.05, 3.63) is 42.1 Å². The number of halogens is 2. The first-order valence-electron chi connectivity index (χ1n) is 10.5. The molecular weight excluding hydrogens is 418 g/mol. The van der Waals surface area contributed by atoms with E-state index in [4.69, 9.17) is 4.74 Å². The van der Waals surface area contributed by atoms with E-state index in [1.807, 2.05) is 14.1 Å². The van der Waals surface area contributed by atoms with Crippen LogP contribution in [0.4, 0.5) is 14.6 Å². The van der Waals surface area contributed by atoms with Gasteiger partial charge in [0.15, 0.2) is 0 Å². The third-order valence-electron chi connectivity index (χ3n) is 5.43. The lowest BCUT2D eigenvalue weighted by Gasteiger charge is -2.29. The summed E-state index contributed by atoms with van der Waals surface area (Å²) in [6, 6.07) is 5.14.